The van der Waals surface area contributed by atoms with Crippen LogP contribution in [0.15, 0.2) is 66.7 Å². The molecule has 2 aliphatic heterocycles. The van der Waals surface area contributed by atoms with Crippen LogP contribution in [0.4, 0.5) is 5.69 Å². The first kappa shape index (κ1) is 27.5. The zero-order valence-corrected chi connectivity index (χ0v) is 23.4. The molecule has 0 aromatic heterocycles. The number of halogens is 1. The van der Waals surface area contributed by atoms with E-state index in [0.717, 1.165) is 68.1 Å². The molecule has 206 valence electrons. The molecule has 2 heterocycles. The molecule has 0 radical (unpaired) electrons. The molecule has 0 saturated carbocycles. The third kappa shape index (κ3) is 7.53. The Hall–Kier alpha value is -3.06. The van der Waals surface area contributed by atoms with Crippen LogP contribution in [-0.4, -0.2) is 49.9 Å². The van der Waals surface area contributed by atoms with Gasteiger partial charge in [0.25, 0.3) is 5.91 Å². The van der Waals surface area contributed by atoms with E-state index in [-0.39, 0.29) is 12.2 Å². The number of nitrogens with zero attached hydrogens (tertiary/aromatic N) is 2. The number of likely N-dealkylation sites (tertiary alicyclic amines) is 1. The Bertz CT molecular complexity index is 1240. The average molecular weight is 549 g/mol. The highest BCUT2D eigenvalue weighted by Crippen LogP contribution is 2.29. The summed E-state index contributed by atoms with van der Waals surface area (Å²) in [5.41, 5.74) is 3.28. The number of amides is 1. The smallest absolute Gasteiger partial charge is 0.258 e. The van der Waals surface area contributed by atoms with Gasteiger partial charge in [-0.1, -0.05) is 35.4 Å². The lowest BCUT2D eigenvalue weighted by molar-refractivity contribution is -0.105. The molecular weight excluding hydrogens is 512 g/mol. The fraction of sp³-hybridized carbons (Fsp3) is 0.406. The molecular formula is C32H37ClN2O4. The number of hydrogen-bond acceptors (Lipinski definition) is 5. The quantitative estimate of drug-likeness (QED) is 0.276. The number of hydrogen-bond donors (Lipinski definition) is 0. The molecule has 0 aliphatic carbocycles. The highest BCUT2D eigenvalue weighted by atomic mass is 35.5. The van der Waals surface area contributed by atoms with E-state index in [2.05, 4.69) is 4.90 Å². The Kier molecular flexibility index (Phi) is 9.40. The van der Waals surface area contributed by atoms with Crippen LogP contribution in [0.1, 0.15) is 53.6 Å². The number of carbonyl (C=O) groups excluding carboxylic acids is 1. The van der Waals surface area contributed by atoms with Crippen molar-refractivity contribution in [3.63, 3.8) is 0 Å². The van der Waals surface area contributed by atoms with E-state index in [1.807, 2.05) is 73.7 Å². The van der Waals surface area contributed by atoms with E-state index in [0.29, 0.717) is 29.5 Å². The van der Waals surface area contributed by atoms with E-state index < -0.39 is 0 Å². The van der Waals surface area contributed by atoms with E-state index in [1.54, 1.807) is 4.90 Å². The van der Waals surface area contributed by atoms with Crippen LogP contribution in [0.5, 0.6) is 11.5 Å². The Labute approximate surface area is 236 Å². The second-order valence-electron chi connectivity index (χ2n) is 10.3. The first-order valence-corrected chi connectivity index (χ1v) is 14.3. The molecule has 5 rings (SSSR count). The lowest BCUT2D eigenvalue weighted by Gasteiger charge is -2.25. The van der Waals surface area contributed by atoms with E-state index in [4.69, 9.17) is 25.8 Å². The third-order valence-electron chi connectivity index (χ3n) is 7.29. The molecule has 1 unspecified atom stereocenters. The molecule has 1 amide bonds. The zero-order chi connectivity index (χ0) is 27.0. The van der Waals surface area contributed by atoms with E-state index in [9.17, 15) is 4.79 Å². The van der Waals surface area contributed by atoms with Gasteiger partial charge in [-0.25, -0.2) is 0 Å². The zero-order valence-electron chi connectivity index (χ0n) is 22.6. The number of carbonyl (C=O) groups is 1. The van der Waals surface area contributed by atoms with Crippen LogP contribution in [0.25, 0.3) is 0 Å². The Morgan fingerprint density at radius 2 is 1.79 bits per heavy atom. The molecule has 1 atom stereocenters. The third-order valence-corrected chi connectivity index (χ3v) is 7.64. The van der Waals surface area contributed by atoms with Gasteiger partial charge in [0.1, 0.15) is 18.1 Å². The number of ether oxygens (including phenoxy) is 3. The second kappa shape index (κ2) is 13.3. The molecule has 39 heavy (non-hydrogen) atoms. The average Bonchev–Trinajstić information content (AvgIpc) is 3.47. The maximum absolute atomic E-state index is 13.8. The lowest BCUT2D eigenvalue weighted by Crippen LogP contribution is -2.30. The topological polar surface area (TPSA) is 51.2 Å². The van der Waals surface area contributed by atoms with Crippen molar-refractivity contribution in [1.29, 1.82) is 0 Å². The van der Waals surface area contributed by atoms with Crippen molar-refractivity contribution in [2.24, 2.45) is 0 Å². The molecule has 0 N–H and O–H groups in total. The van der Waals surface area contributed by atoms with Crippen molar-refractivity contribution in [3.8, 4) is 11.5 Å². The van der Waals surface area contributed by atoms with E-state index in [1.165, 1.54) is 12.8 Å². The fourth-order valence-electron chi connectivity index (χ4n) is 5.09. The number of anilines is 1. The van der Waals surface area contributed by atoms with Gasteiger partial charge < -0.3 is 19.1 Å². The molecule has 7 heteroatoms. The summed E-state index contributed by atoms with van der Waals surface area (Å²) in [7, 11) is 0. The van der Waals surface area contributed by atoms with Crippen LogP contribution in [0.2, 0.25) is 5.02 Å². The van der Waals surface area contributed by atoms with Crippen molar-refractivity contribution in [1.82, 2.24) is 4.90 Å². The Morgan fingerprint density at radius 3 is 2.51 bits per heavy atom. The molecule has 3 aromatic carbocycles. The summed E-state index contributed by atoms with van der Waals surface area (Å²) in [5.74, 6) is 1.38. The minimum absolute atomic E-state index is 0.0894. The van der Waals surface area contributed by atoms with Gasteiger partial charge in [-0.2, -0.15) is 0 Å². The lowest BCUT2D eigenvalue weighted by atomic mass is 10.1. The number of benzene rings is 3. The predicted molar refractivity (Wildman–Crippen MR) is 155 cm³/mol. The van der Waals surface area contributed by atoms with Crippen molar-refractivity contribution in [2.45, 2.75) is 51.9 Å². The van der Waals surface area contributed by atoms with Gasteiger partial charge in [0.2, 0.25) is 0 Å². The van der Waals surface area contributed by atoms with Gasteiger partial charge in [0, 0.05) is 29.2 Å². The molecule has 6 nitrogen and oxygen atoms in total. The van der Waals surface area contributed by atoms with E-state index >= 15 is 0 Å². The molecule has 2 fully saturated rings. The highest BCUT2D eigenvalue weighted by molar-refractivity contribution is 6.31. The summed E-state index contributed by atoms with van der Waals surface area (Å²) in [6.07, 6.45) is 5.33. The largest absolute Gasteiger partial charge is 0.492 e. The van der Waals surface area contributed by atoms with Gasteiger partial charge in [0.05, 0.1) is 13.2 Å². The minimum Gasteiger partial charge on any atom is -0.492 e. The molecule has 0 spiro atoms. The van der Waals surface area contributed by atoms with Crippen molar-refractivity contribution in [3.05, 3.63) is 88.4 Å². The molecule has 0 bridgehead atoms. The summed E-state index contributed by atoms with van der Waals surface area (Å²) in [6, 6.07) is 21.0. The van der Waals surface area contributed by atoms with Crippen LogP contribution >= 0.6 is 11.6 Å². The van der Waals surface area contributed by atoms with Gasteiger partial charge in [0.15, 0.2) is 6.29 Å². The van der Waals surface area contributed by atoms with Crippen LogP contribution < -0.4 is 14.4 Å². The fourth-order valence-corrected chi connectivity index (χ4v) is 5.32. The number of rotatable bonds is 10. The molecule has 2 aliphatic rings. The minimum atomic E-state index is -0.240. The van der Waals surface area contributed by atoms with Crippen LogP contribution in [0, 0.1) is 6.92 Å². The van der Waals surface area contributed by atoms with Gasteiger partial charge in [-0.3, -0.25) is 9.69 Å². The van der Waals surface area contributed by atoms with Crippen molar-refractivity contribution >= 4 is 23.2 Å². The van der Waals surface area contributed by atoms with Crippen LogP contribution in [0.3, 0.4) is 0 Å². The Balaban J connectivity index is 1.31. The number of aryl methyl sites for hydroxylation is 1. The van der Waals surface area contributed by atoms with Gasteiger partial charge in [-0.05, 0) is 99.8 Å². The van der Waals surface area contributed by atoms with Gasteiger partial charge in [-0.15, -0.1) is 0 Å². The summed E-state index contributed by atoms with van der Waals surface area (Å²) in [5, 5.41) is 0.548. The van der Waals surface area contributed by atoms with Crippen molar-refractivity contribution in [2.75, 3.05) is 37.7 Å². The van der Waals surface area contributed by atoms with Gasteiger partial charge >= 0.3 is 0 Å². The van der Waals surface area contributed by atoms with Crippen LogP contribution in [-0.2, 0) is 11.3 Å². The second-order valence-corrected chi connectivity index (χ2v) is 10.7. The summed E-state index contributed by atoms with van der Waals surface area (Å²) in [4.78, 5) is 17.9. The first-order valence-electron chi connectivity index (χ1n) is 14.0. The normalized spacial score (nSPS) is 17.6. The Morgan fingerprint density at radius 1 is 1.00 bits per heavy atom. The molecule has 3 aromatic rings. The maximum atomic E-state index is 13.8. The standard InChI is InChI=1S/C32H37ClN2O4/c1-24-7-6-8-25(21-24)32(36)35(27-11-14-28(15-12-27)37-20-18-34-16-3-4-17-34)23-26-10-13-29(22-30(26)33)39-31-9-2-5-19-38-31/h6-8,10-15,21-22,31H,2-5,9,16-20,23H2,1H3. The highest BCUT2D eigenvalue weighted by Gasteiger charge is 2.21. The summed E-state index contributed by atoms with van der Waals surface area (Å²) < 4.78 is 17.7. The summed E-state index contributed by atoms with van der Waals surface area (Å²) in [6.45, 7) is 6.92. The monoisotopic (exact) mass is 548 g/mol. The predicted octanol–water partition coefficient (Wildman–Crippen LogP) is 6.88. The maximum Gasteiger partial charge on any atom is 0.258 e. The molecule has 2 saturated heterocycles. The first-order chi connectivity index (χ1) is 19.0. The van der Waals surface area contributed by atoms with Crippen molar-refractivity contribution < 1.29 is 19.0 Å². The SMILES string of the molecule is Cc1cccc(C(=O)N(Cc2ccc(OC3CCCCO3)cc2Cl)c2ccc(OCCN3CCCC3)cc2)c1. The summed E-state index contributed by atoms with van der Waals surface area (Å²) >= 11 is 6.71.